The van der Waals surface area contributed by atoms with E-state index >= 15 is 0 Å². The van der Waals surface area contributed by atoms with E-state index in [1.165, 1.54) is 0 Å². The van der Waals surface area contributed by atoms with Gasteiger partial charge in [-0.25, -0.2) is 0 Å². The Bertz CT molecular complexity index is 775. The van der Waals surface area contributed by atoms with Gasteiger partial charge in [0.2, 0.25) is 0 Å². The van der Waals surface area contributed by atoms with Gasteiger partial charge in [0.25, 0.3) is 5.91 Å². The summed E-state index contributed by atoms with van der Waals surface area (Å²) in [6, 6.07) is 7.21. The topological polar surface area (TPSA) is 79.4 Å². The predicted octanol–water partition coefficient (Wildman–Crippen LogP) is 2.49. The summed E-state index contributed by atoms with van der Waals surface area (Å²) in [6.45, 7) is 4.86. The second kappa shape index (κ2) is 8.98. The van der Waals surface area contributed by atoms with Gasteiger partial charge in [-0.2, -0.15) is 13.2 Å². The molecular formula is C18H20F3N5O2. The molecule has 10 heteroatoms. The summed E-state index contributed by atoms with van der Waals surface area (Å²) in [7, 11) is 0. The molecule has 7 nitrogen and oxygen atoms in total. The molecule has 0 saturated carbocycles. The number of carbonyl (C=O) groups is 1. The first kappa shape index (κ1) is 20.0. The van der Waals surface area contributed by atoms with E-state index in [2.05, 4.69) is 25.7 Å². The van der Waals surface area contributed by atoms with E-state index in [9.17, 15) is 18.0 Å². The van der Waals surface area contributed by atoms with Crippen LogP contribution in [0.3, 0.4) is 0 Å². The average Bonchev–Trinajstić information content (AvgIpc) is 2.69. The van der Waals surface area contributed by atoms with E-state index in [4.69, 9.17) is 4.74 Å². The van der Waals surface area contributed by atoms with Crippen LogP contribution in [0.1, 0.15) is 15.9 Å². The quantitative estimate of drug-likeness (QED) is 0.783. The molecule has 1 saturated heterocycles. The maximum absolute atomic E-state index is 12.6. The molecule has 1 fully saturated rings. The number of ether oxygens (including phenoxy) is 1. The summed E-state index contributed by atoms with van der Waals surface area (Å²) in [5, 5.41) is 13.6. The van der Waals surface area contributed by atoms with Crippen LogP contribution in [0.5, 0.6) is 0 Å². The molecule has 2 heterocycles. The van der Waals surface area contributed by atoms with Crippen molar-refractivity contribution in [3.05, 3.63) is 47.5 Å². The van der Waals surface area contributed by atoms with Crippen LogP contribution in [0.2, 0.25) is 0 Å². The van der Waals surface area contributed by atoms with Gasteiger partial charge in [0.05, 0.1) is 18.8 Å². The van der Waals surface area contributed by atoms with Crippen molar-refractivity contribution in [1.29, 1.82) is 0 Å². The fourth-order valence-electron chi connectivity index (χ4n) is 2.66. The molecule has 0 atom stereocenters. The highest BCUT2D eigenvalue weighted by Gasteiger charge is 2.30. The number of alkyl halides is 3. The van der Waals surface area contributed by atoms with E-state index in [1.54, 1.807) is 12.1 Å². The van der Waals surface area contributed by atoms with Crippen LogP contribution in [-0.4, -0.2) is 60.4 Å². The molecular weight excluding hydrogens is 375 g/mol. The Morgan fingerprint density at radius 1 is 1.04 bits per heavy atom. The third-order valence-corrected chi connectivity index (χ3v) is 4.22. The summed E-state index contributed by atoms with van der Waals surface area (Å²) in [6.07, 6.45) is -4.44. The fraction of sp³-hybridized carbons (Fsp3) is 0.389. The molecule has 1 aromatic heterocycles. The van der Waals surface area contributed by atoms with Gasteiger partial charge in [-0.05, 0) is 36.4 Å². The van der Waals surface area contributed by atoms with Crippen LogP contribution < -0.4 is 10.6 Å². The summed E-state index contributed by atoms with van der Waals surface area (Å²) in [4.78, 5) is 14.4. The summed E-state index contributed by atoms with van der Waals surface area (Å²) < 4.78 is 43.0. The minimum absolute atomic E-state index is 0.0995. The Kier molecular flexibility index (Phi) is 6.42. The normalized spacial score (nSPS) is 15.2. The monoisotopic (exact) mass is 395 g/mol. The molecule has 1 aliphatic rings. The maximum atomic E-state index is 12.6. The number of hydrogen-bond donors (Lipinski definition) is 2. The number of amides is 1. The summed E-state index contributed by atoms with van der Waals surface area (Å²) >= 11 is 0. The molecule has 3 rings (SSSR count). The molecule has 0 spiro atoms. The molecule has 1 aromatic carbocycles. The van der Waals surface area contributed by atoms with Crippen molar-refractivity contribution < 1.29 is 22.7 Å². The van der Waals surface area contributed by atoms with Crippen molar-refractivity contribution in [3.8, 4) is 0 Å². The van der Waals surface area contributed by atoms with Crippen molar-refractivity contribution in [2.45, 2.75) is 6.18 Å². The zero-order chi connectivity index (χ0) is 20.0. The van der Waals surface area contributed by atoms with Crippen LogP contribution in [0.25, 0.3) is 0 Å². The number of aromatic nitrogens is 2. The predicted molar refractivity (Wildman–Crippen MR) is 97.2 cm³/mol. The standard InChI is InChI=1S/C18H20F3N5O2/c19-18(20,21)14-3-1-13(2-4-14)17(27)23-16-6-5-15(24-25-16)22-7-8-26-9-11-28-12-10-26/h1-6H,7-12H2,(H,22,24)(H,23,25,27). The van der Waals surface area contributed by atoms with E-state index in [0.717, 1.165) is 57.1 Å². The van der Waals surface area contributed by atoms with Gasteiger partial charge in [-0.1, -0.05) is 0 Å². The van der Waals surface area contributed by atoms with Gasteiger partial charge in [0.1, 0.15) is 5.82 Å². The van der Waals surface area contributed by atoms with Gasteiger partial charge < -0.3 is 15.4 Å². The van der Waals surface area contributed by atoms with Crippen molar-refractivity contribution >= 4 is 17.5 Å². The molecule has 150 valence electrons. The zero-order valence-corrected chi connectivity index (χ0v) is 15.0. The smallest absolute Gasteiger partial charge is 0.379 e. The van der Waals surface area contributed by atoms with Crippen LogP contribution >= 0.6 is 0 Å². The van der Waals surface area contributed by atoms with Crippen LogP contribution in [-0.2, 0) is 10.9 Å². The zero-order valence-electron chi connectivity index (χ0n) is 15.0. The lowest BCUT2D eigenvalue weighted by molar-refractivity contribution is -0.137. The molecule has 2 aromatic rings. The number of nitrogens with zero attached hydrogens (tertiary/aromatic N) is 3. The Morgan fingerprint density at radius 2 is 1.68 bits per heavy atom. The fourth-order valence-corrected chi connectivity index (χ4v) is 2.66. The Labute approximate surface area is 159 Å². The van der Waals surface area contributed by atoms with Crippen molar-refractivity contribution in [2.75, 3.05) is 50.0 Å². The highest BCUT2D eigenvalue weighted by Crippen LogP contribution is 2.29. The Morgan fingerprint density at radius 3 is 2.29 bits per heavy atom. The Hall–Kier alpha value is -2.72. The van der Waals surface area contributed by atoms with Crippen LogP contribution in [0, 0.1) is 0 Å². The molecule has 1 aliphatic heterocycles. The van der Waals surface area contributed by atoms with Crippen molar-refractivity contribution in [1.82, 2.24) is 15.1 Å². The number of rotatable bonds is 6. The number of hydrogen-bond acceptors (Lipinski definition) is 6. The van der Waals surface area contributed by atoms with Gasteiger partial charge in [0, 0.05) is 31.7 Å². The third kappa shape index (κ3) is 5.64. The SMILES string of the molecule is O=C(Nc1ccc(NCCN2CCOCC2)nn1)c1ccc(C(F)(F)F)cc1. The maximum Gasteiger partial charge on any atom is 0.416 e. The molecule has 0 bridgehead atoms. The molecule has 2 N–H and O–H groups in total. The number of anilines is 2. The van der Waals surface area contributed by atoms with Crippen molar-refractivity contribution in [3.63, 3.8) is 0 Å². The first-order chi connectivity index (χ1) is 13.4. The van der Waals surface area contributed by atoms with Crippen molar-refractivity contribution in [2.24, 2.45) is 0 Å². The molecule has 1 amide bonds. The molecule has 28 heavy (non-hydrogen) atoms. The first-order valence-corrected chi connectivity index (χ1v) is 8.78. The number of benzene rings is 1. The van der Waals surface area contributed by atoms with E-state index in [-0.39, 0.29) is 11.4 Å². The van der Waals surface area contributed by atoms with Gasteiger partial charge >= 0.3 is 6.18 Å². The van der Waals surface area contributed by atoms with Crippen LogP contribution in [0.4, 0.5) is 24.8 Å². The third-order valence-electron chi connectivity index (χ3n) is 4.22. The highest BCUT2D eigenvalue weighted by molar-refractivity contribution is 6.03. The first-order valence-electron chi connectivity index (χ1n) is 8.78. The molecule has 0 aliphatic carbocycles. The largest absolute Gasteiger partial charge is 0.416 e. The second-order valence-corrected chi connectivity index (χ2v) is 6.21. The second-order valence-electron chi connectivity index (χ2n) is 6.21. The Balaban J connectivity index is 1.48. The number of halogens is 3. The average molecular weight is 395 g/mol. The summed E-state index contributed by atoms with van der Waals surface area (Å²) in [5.41, 5.74) is -0.709. The lowest BCUT2D eigenvalue weighted by Gasteiger charge is -2.26. The molecule has 0 unspecified atom stereocenters. The van der Waals surface area contributed by atoms with E-state index < -0.39 is 17.6 Å². The number of morpholine rings is 1. The highest BCUT2D eigenvalue weighted by atomic mass is 19.4. The number of carbonyl (C=O) groups excluding carboxylic acids is 1. The minimum Gasteiger partial charge on any atom is -0.379 e. The van der Waals surface area contributed by atoms with Gasteiger partial charge in [-0.3, -0.25) is 9.69 Å². The van der Waals surface area contributed by atoms with Gasteiger partial charge in [0.15, 0.2) is 5.82 Å². The number of nitrogens with one attached hydrogen (secondary N) is 2. The summed E-state index contributed by atoms with van der Waals surface area (Å²) in [5.74, 6) is 0.223. The van der Waals surface area contributed by atoms with Gasteiger partial charge in [-0.15, -0.1) is 10.2 Å². The van der Waals surface area contributed by atoms with Crippen LogP contribution in [0.15, 0.2) is 36.4 Å². The lowest BCUT2D eigenvalue weighted by Crippen LogP contribution is -2.39. The minimum atomic E-state index is -4.44. The van der Waals surface area contributed by atoms with E-state index in [0.29, 0.717) is 12.4 Å². The molecule has 0 radical (unpaired) electrons. The lowest BCUT2D eigenvalue weighted by atomic mass is 10.1. The van der Waals surface area contributed by atoms with E-state index in [1.807, 2.05) is 0 Å².